The molecule has 0 spiro atoms. The number of hydrogen-bond donors (Lipinski definition) is 0. The summed E-state index contributed by atoms with van der Waals surface area (Å²) in [6.45, 7) is 10.2. The summed E-state index contributed by atoms with van der Waals surface area (Å²) < 4.78 is 5.47. The lowest BCUT2D eigenvalue weighted by atomic mass is 9.99. The predicted octanol–water partition coefficient (Wildman–Crippen LogP) is 2.63. The van der Waals surface area contributed by atoms with Gasteiger partial charge in [0.1, 0.15) is 6.10 Å². The fraction of sp³-hybridized carbons (Fsp3) is 0.533. The van der Waals surface area contributed by atoms with Gasteiger partial charge in [0.05, 0.1) is 5.56 Å². The van der Waals surface area contributed by atoms with Crippen LogP contribution in [0.1, 0.15) is 36.7 Å². The maximum Gasteiger partial charge on any atom is 0.338 e. The van der Waals surface area contributed by atoms with Gasteiger partial charge in [-0.25, -0.2) is 4.79 Å². The first-order chi connectivity index (χ1) is 8.36. The Hall–Kier alpha value is -1.35. The van der Waals surface area contributed by atoms with Gasteiger partial charge in [-0.1, -0.05) is 17.7 Å². The van der Waals surface area contributed by atoms with Crippen LogP contribution in [0.3, 0.4) is 0 Å². The summed E-state index contributed by atoms with van der Waals surface area (Å²) in [6.07, 6.45) is 0.0391. The molecule has 98 valence electrons. The highest BCUT2D eigenvalue weighted by Gasteiger charge is 2.36. The minimum absolute atomic E-state index is 0.0391. The normalized spacial score (nSPS) is 17.3. The van der Waals surface area contributed by atoms with Crippen molar-refractivity contribution in [2.45, 2.75) is 39.3 Å². The van der Waals surface area contributed by atoms with E-state index in [0.717, 1.165) is 18.7 Å². The second-order valence-corrected chi connectivity index (χ2v) is 5.97. The molecule has 0 aromatic heterocycles. The Bertz CT molecular complexity index is 442. The second kappa shape index (κ2) is 4.73. The van der Waals surface area contributed by atoms with Crippen LogP contribution in [0.4, 0.5) is 0 Å². The molecule has 0 N–H and O–H groups in total. The maximum atomic E-state index is 11.9. The van der Waals surface area contributed by atoms with Crippen molar-refractivity contribution in [1.82, 2.24) is 4.90 Å². The van der Waals surface area contributed by atoms with Crippen LogP contribution in [-0.4, -0.2) is 35.6 Å². The molecule has 3 heteroatoms. The van der Waals surface area contributed by atoms with E-state index >= 15 is 0 Å². The largest absolute Gasteiger partial charge is 0.456 e. The van der Waals surface area contributed by atoms with Gasteiger partial charge in [-0.3, -0.25) is 4.90 Å². The van der Waals surface area contributed by atoms with E-state index in [1.165, 1.54) is 0 Å². The van der Waals surface area contributed by atoms with E-state index in [-0.39, 0.29) is 17.6 Å². The van der Waals surface area contributed by atoms with Gasteiger partial charge in [0, 0.05) is 18.6 Å². The predicted molar refractivity (Wildman–Crippen MR) is 71.7 cm³/mol. The molecule has 18 heavy (non-hydrogen) atoms. The summed E-state index contributed by atoms with van der Waals surface area (Å²) in [4.78, 5) is 14.2. The Morgan fingerprint density at radius 1 is 1.33 bits per heavy atom. The summed E-state index contributed by atoms with van der Waals surface area (Å²) in [7, 11) is 0. The molecule has 3 nitrogen and oxygen atoms in total. The standard InChI is InChI=1S/C15H21NO2/c1-11-6-5-7-12(8-11)14(17)18-13-9-16(10-13)15(2,3)4/h5-8,13H,9-10H2,1-4H3. The molecule has 0 radical (unpaired) electrons. The first-order valence-electron chi connectivity index (χ1n) is 6.39. The average molecular weight is 247 g/mol. The van der Waals surface area contributed by atoms with Crippen LogP contribution in [0.2, 0.25) is 0 Å². The van der Waals surface area contributed by atoms with Crippen molar-refractivity contribution in [1.29, 1.82) is 0 Å². The van der Waals surface area contributed by atoms with Gasteiger partial charge in [0.2, 0.25) is 0 Å². The monoisotopic (exact) mass is 247 g/mol. The van der Waals surface area contributed by atoms with Gasteiger partial charge in [-0.2, -0.15) is 0 Å². The van der Waals surface area contributed by atoms with Crippen molar-refractivity contribution in [2.75, 3.05) is 13.1 Å². The average Bonchev–Trinajstić information content (AvgIpc) is 2.20. The molecule has 1 saturated heterocycles. The Morgan fingerprint density at radius 3 is 2.56 bits per heavy atom. The van der Waals surface area contributed by atoms with E-state index in [1.807, 2.05) is 25.1 Å². The van der Waals surface area contributed by atoms with Crippen LogP contribution in [0, 0.1) is 6.92 Å². The van der Waals surface area contributed by atoms with Crippen molar-refractivity contribution in [3.8, 4) is 0 Å². The molecule has 0 aliphatic carbocycles. The number of ether oxygens (including phenoxy) is 1. The second-order valence-electron chi connectivity index (χ2n) is 5.97. The Kier molecular flexibility index (Phi) is 3.44. The lowest BCUT2D eigenvalue weighted by Crippen LogP contribution is -2.60. The third-order valence-corrected chi connectivity index (χ3v) is 3.32. The van der Waals surface area contributed by atoms with Crippen LogP contribution < -0.4 is 0 Å². The SMILES string of the molecule is Cc1cccc(C(=O)OC2CN(C(C)(C)C)C2)c1. The van der Waals surface area contributed by atoms with Crippen molar-refractivity contribution in [2.24, 2.45) is 0 Å². The van der Waals surface area contributed by atoms with E-state index < -0.39 is 0 Å². The van der Waals surface area contributed by atoms with Crippen LogP contribution >= 0.6 is 0 Å². The zero-order valence-electron chi connectivity index (χ0n) is 11.6. The van der Waals surface area contributed by atoms with E-state index in [4.69, 9.17) is 4.74 Å². The zero-order chi connectivity index (χ0) is 13.3. The number of rotatable bonds is 2. The van der Waals surface area contributed by atoms with Crippen molar-refractivity contribution >= 4 is 5.97 Å². The summed E-state index contributed by atoms with van der Waals surface area (Å²) in [5.74, 6) is -0.211. The van der Waals surface area contributed by atoms with Crippen LogP contribution in [0.5, 0.6) is 0 Å². The first kappa shape index (κ1) is 13.1. The zero-order valence-corrected chi connectivity index (χ0v) is 11.6. The molecule has 0 amide bonds. The number of hydrogen-bond acceptors (Lipinski definition) is 3. The van der Waals surface area contributed by atoms with E-state index in [0.29, 0.717) is 5.56 Å². The fourth-order valence-electron chi connectivity index (χ4n) is 2.05. The van der Waals surface area contributed by atoms with Gasteiger partial charge in [0.15, 0.2) is 0 Å². The molecule has 0 bridgehead atoms. The molecule has 0 atom stereocenters. The third kappa shape index (κ3) is 2.91. The van der Waals surface area contributed by atoms with Crippen LogP contribution in [0.25, 0.3) is 0 Å². The van der Waals surface area contributed by atoms with E-state index in [9.17, 15) is 4.79 Å². The molecule has 1 aliphatic heterocycles. The Morgan fingerprint density at radius 2 is 2.00 bits per heavy atom. The maximum absolute atomic E-state index is 11.9. The smallest absolute Gasteiger partial charge is 0.338 e. The molecule has 1 heterocycles. The van der Waals surface area contributed by atoms with Crippen molar-refractivity contribution in [3.63, 3.8) is 0 Å². The number of nitrogens with zero attached hydrogens (tertiary/aromatic N) is 1. The van der Waals surface area contributed by atoms with Crippen molar-refractivity contribution < 1.29 is 9.53 Å². The van der Waals surface area contributed by atoms with Crippen LogP contribution in [-0.2, 0) is 4.74 Å². The van der Waals surface area contributed by atoms with Gasteiger partial charge in [-0.05, 0) is 39.8 Å². The number of esters is 1. The van der Waals surface area contributed by atoms with Gasteiger partial charge < -0.3 is 4.74 Å². The molecule has 1 fully saturated rings. The molecule has 1 aromatic rings. The minimum Gasteiger partial charge on any atom is -0.456 e. The first-order valence-corrected chi connectivity index (χ1v) is 6.39. The lowest BCUT2D eigenvalue weighted by molar-refractivity contribution is -0.0645. The highest BCUT2D eigenvalue weighted by molar-refractivity contribution is 5.89. The van der Waals surface area contributed by atoms with E-state index in [1.54, 1.807) is 6.07 Å². The highest BCUT2D eigenvalue weighted by atomic mass is 16.5. The summed E-state index contributed by atoms with van der Waals surface area (Å²) in [5, 5.41) is 0. The molecule has 0 unspecified atom stereocenters. The molecule has 1 aliphatic rings. The summed E-state index contributed by atoms with van der Waals surface area (Å²) in [5.41, 5.74) is 1.88. The topological polar surface area (TPSA) is 29.5 Å². The quantitative estimate of drug-likeness (QED) is 0.752. The fourth-order valence-corrected chi connectivity index (χ4v) is 2.05. The van der Waals surface area contributed by atoms with Crippen molar-refractivity contribution in [3.05, 3.63) is 35.4 Å². The number of likely N-dealkylation sites (tertiary alicyclic amines) is 1. The third-order valence-electron chi connectivity index (χ3n) is 3.32. The summed E-state index contributed by atoms with van der Waals surface area (Å²) >= 11 is 0. The molecular formula is C15H21NO2. The van der Waals surface area contributed by atoms with E-state index in [2.05, 4.69) is 25.7 Å². The number of carbonyl (C=O) groups is 1. The minimum atomic E-state index is -0.211. The van der Waals surface area contributed by atoms with Gasteiger partial charge in [-0.15, -0.1) is 0 Å². The molecule has 2 rings (SSSR count). The number of benzene rings is 1. The Labute approximate surface area is 109 Å². The number of carbonyl (C=O) groups excluding carboxylic acids is 1. The lowest BCUT2D eigenvalue weighted by Gasteiger charge is -2.46. The molecule has 0 saturated carbocycles. The molecule has 1 aromatic carbocycles. The van der Waals surface area contributed by atoms with Crippen LogP contribution in [0.15, 0.2) is 24.3 Å². The highest BCUT2D eigenvalue weighted by Crippen LogP contribution is 2.23. The van der Waals surface area contributed by atoms with Gasteiger partial charge in [0.25, 0.3) is 0 Å². The molecular weight excluding hydrogens is 226 g/mol. The Balaban J connectivity index is 1.87. The number of aryl methyl sites for hydroxylation is 1. The summed E-state index contributed by atoms with van der Waals surface area (Å²) in [6, 6.07) is 7.52. The van der Waals surface area contributed by atoms with Gasteiger partial charge >= 0.3 is 5.97 Å².